The summed E-state index contributed by atoms with van der Waals surface area (Å²) in [5, 5.41) is 20.8. The summed E-state index contributed by atoms with van der Waals surface area (Å²) in [5.41, 5.74) is 2.03. The molecule has 0 aromatic carbocycles. The van der Waals surface area contributed by atoms with Crippen molar-refractivity contribution in [2.75, 3.05) is 0 Å². The van der Waals surface area contributed by atoms with Gasteiger partial charge in [0.25, 0.3) is 0 Å². The van der Waals surface area contributed by atoms with Crippen molar-refractivity contribution < 1.29 is 19.7 Å². The van der Waals surface area contributed by atoms with Crippen LogP contribution >= 0.6 is 0 Å². The van der Waals surface area contributed by atoms with E-state index < -0.39 is 17.9 Å². The zero-order chi connectivity index (χ0) is 14.0. The Hall–Kier alpha value is -1.13. The predicted octanol–water partition coefficient (Wildman–Crippen LogP) is 1.68. The highest BCUT2D eigenvalue weighted by Crippen LogP contribution is 2.58. The molecule has 0 amide bonds. The Morgan fingerprint density at radius 1 is 1.47 bits per heavy atom. The van der Waals surface area contributed by atoms with Crippen LogP contribution in [0.3, 0.4) is 0 Å². The monoisotopic (exact) mass is 264 g/mol. The molecule has 0 aromatic rings. The van der Waals surface area contributed by atoms with E-state index in [1.165, 1.54) is 0 Å². The van der Waals surface area contributed by atoms with Gasteiger partial charge >= 0.3 is 5.97 Å². The Kier molecular flexibility index (Phi) is 2.51. The summed E-state index contributed by atoms with van der Waals surface area (Å²) >= 11 is 0. The van der Waals surface area contributed by atoms with E-state index in [-0.39, 0.29) is 17.8 Å². The summed E-state index contributed by atoms with van der Waals surface area (Å²) in [6.45, 7) is 7.91. The van der Waals surface area contributed by atoms with Crippen molar-refractivity contribution >= 4 is 5.97 Å². The highest BCUT2D eigenvalue weighted by Gasteiger charge is 2.58. The van der Waals surface area contributed by atoms with Gasteiger partial charge in [0.05, 0.1) is 6.10 Å². The van der Waals surface area contributed by atoms with Crippen LogP contribution in [0.5, 0.6) is 0 Å². The SMILES string of the molecule is C=C1CC[C@H](O)[C@H]2C[C@@]3(O)OC(=O)C(C)=C3C[C@]12C. The van der Waals surface area contributed by atoms with Crippen LogP contribution < -0.4 is 0 Å². The Morgan fingerprint density at radius 3 is 2.84 bits per heavy atom. The van der Waals surface area contributed by atoms with E-state index in [1.54, 1.807) is 6.92 Å². The second-order valence-electron chi connectivity index (χ2n) is 6.39. The fourth-order valence-electron chi connectivity index (χ4n) is 3.92. The van der Waals surface area contributed by atoms with Gasteiger partial charge in [-0.15, -0.1) is 0 Å². The summed E-state index contributed by atoms with van der Waals surface area (Å²) < 4.78 is 5.14. The zero-order valence-electron chi connectivity index (χ0n) is 11.4. The summed E-state index contributed by atoms with van der Waals surface area (Å²) in [4.78, 5) is 11.7. The summed E-state index contributed by atoms with van der Waals surface area (Å²) in [5.74, 6) is -2.06. The maximum absolute atomic E-state index is 11.7. The van der Waals surface area contributed by atoms with E-state index in [9.17, 15) is 15.0 Å². The first-order valence-corrected chi connectivity index (χ1v) is 6.80. The molecule has 2 N–H and O–H groups in total. The average molecular weight is 264 g/mol. The number of carbonyl (C=O) groups excluding carboxylic acids is 1. The van der Waals surface area contributed by atoms with Crippen molar-refractivity contribution in [3.05, 3.63) is 23.3 Å². The molecule has 3 rings (SSSR count). The number of fused-ring (bicyclic) bond motifs is 2. The molecule has 0 radical (unpaired) electrons. The molecule has 1 aliphatic heterocycles. The average Bonchev–Trinajstić information content (AvgIpc) is 2.55. The van der Waals surface area contributed by atoms with Crippen molar-refractivity contribution in [3.63, 3.8) is 0 Å². The highest BCUT2D eigenvalue weighted by atomic mass is 16.7. The van der Waals surface area contributed by atoms with E-state index in [4.69, 9.17) is 4.74 Å². The molecule has 0 aromatic heterocycles. The largest absolute Gasteiger partial charge is 0.426 e. The number of hydrogen-bond donors (Lipinski definition) is 2. The van der Waals surface area contributed by atoms with Gasteiger partial charge < -0.3 is 14.9 Å². The van der Waals surface area contributed by atoms with E-state index in [0.717, 1.165) is 12.0 Å². The van der Waals surface area contributed by atoms with Gasteiger partial charge in [-0.25, -0.2) is 4.79 Å². The lowest BCUT2D eigenvalue weighted by molar-refractivity contribution is -0.205. The summed E-state index contributed by atoms with van der Waals surface area (Å²) in [6, 6.07) is 0. The molecule has 19 heavy (non-hydrogen) atoms. The fourth-order valence-corrected chi connectivity index (χ4v) is 3.92. The summed E-state index contributed by atoms with van der Waals surface area (Å²) in [6.07, 6.45) is 1.80. The minimum atomic E-state index is -1.51. The van der Waals surface area contributed by atoms with E-state index >= 15 is 0 Å². The van der Waals surface area contributed by atoms with Crippen LogP contribution in [0, 0.1) is 11.3 Å². The van der Waals surface area contributed by atoms with Gasteiger partial charge in [-0.2, -0.15) is 0 Å². The Morgan fingerprint density at radius 2 is 2.16 bits per heavy atom. The molecular weight excluding hydrogens is 244 g/mol. The first-order valence-electron chi connectivity index (χ1n) is 6.80. The van der Waals surface area contributed by atoms with Gasteiger partial charge in [-0.3, -0.25) is 0 Å². The highest BCUT2D eigenvalue weighted by molar-refractivity contribution is 5.92. The molecular formula is C15H20O4. The topological polar surface area (TPSA) is 66.8 Å². The van der Waals surface area contributed by atoms with Crippen LogP contribution in [0.25, 0.3) is 0 Å². The summed E-state index contributed by atoms with van der Waals surface area (Å²) in [7, 11) is 0. The Labute approximate surface area is 112 Å². The maximum atomic E-state index is 11.7. The van der Waals surface area contributed by atoms with Crippen molar-refractivity contribution in [2.24, 2.45) is 11.3 Å². The minimum absolute atomic E-state index is 0.110. The third-order valence-electron chi connectivity index (χ3n) is 5.36. The van der Waals surface area contributed by atoms with Gasteiger partial charge in [0.15, 0.2) is 0 Å². The molecule has 0 spiro atoms. The number of allylic oxidation sites excluding steroid dienone is 1. The second kappa shape index (κ2) is 3.70. The number of hydrogen-bond acceptors (Lipinski definition) is 4. The zero-order valence-corrected chi connectivity index (χ0v) is 11.4. The third kappa shape index (κ3) is 1.56. The number of carbonyl (C=O) groups is 1. The first-order chi connectivity index (χ1) is 8.78. The molecule has 0 unspecified atom stereocenters. The molecule has 3 aliphatic rings. The van der Waals surface area contributed by atoms with Crippen LogP contribution in [-0.4, -0.2) is 28.1 Å². The van der Waals surface area contributed by atoms with Crippen molar-refractivity contribution in [3.8, 4) is 0 Å². The number of aliphatic hydroxyl groups excluding tert-OH is 1. The van der Waals surface area contributed by atoms with Gasteiger partial charge in [0, 0.05) is 23.5 Å². The minimum Gasteiger partial charge on any atom is -0.426 e. The van der Waals surface area contributed by atoms with E-state index in [2.05, 4.69) is 13.5 Å². The van der Waals surface area contributed by atoms with Crippen LogP contribution in [0.2, 0.25) is 0 Å². The standard InChI is InChI=1S/C15H20O4/c1-8-4-5-12(16)11-7-15(18)10(6-14(8,11)3)9(2)13(17)19-15/h11-12,16,18H,1,4-7H2,2-3H3/t11-,12+,14-,15-/m1/s1. The smallest absolute Gasteiger partial charge is 0.336 e. The maximum Gasteiger partial charge on any atom is 0.336 e. The van der Waals surface area contributed by atoms with Crippen LogP contribution in [-0.2, 0) is 9.53 Å². The van der Waals surface area contributed by atoms with Gasteiger partial charge in [0.1, 0.15) is 0 Å². The lowest BCUT2D eigenvalue weighted by Crippen LogP contribution is -2.52. The second-order valence-corrected chi connectivity index (χ2v) is 6.39. The number of rotatable bonds is 0. The molecule has 2 fully saturated rings. The Bertz CT molecular complexity index is 506. The number of esters is 1. The van der Waals surface area contributed by atoms with Gasteiger partial charge in [0.2, 0.25) is 5.79 Å². The quantitative estimate of drug-likeness (QED) is 0.516. The normalized spacial score (nSPS) is 45.9. The molecule has 2 saturated carbocycles. The lowest BCUT2D eigenvalue weighted by atomic mass is 9.55. The molecule has 104 valence electrons. The Balaban J connectivity index is 2.07. The van der Waals surface area contributed by atoms with E-state index in [0.29, 0.717) is 24.0 Å². The lowest BCUT2D eigenvalue weighted by Gasteiger charge is -2.52. The van der Waals surface area contributed by atoms with Crippen LogP contribution in [0.4, 0.5) is 0 Å². The van der Waals surface area contributed by atoms with Crippen molar-refractivity contribution in [1.82, 2.24) is 0 Å². The predicted molar refractivity (Wildman–Crippen MR) is 69.0 cm³/mol. The van der Waals surface area contributed by atoms with Crippen LogP contribution in [0.1, 0.15) is 39.5 Å². The van der Waals surface area contributed by atoms with Gasteiger partial charge in [-0.1, -0.05) is 19.1 Å². The molecule has 4 heteroatoms. The number of ether oxygens (including phenoxy) is 1. The number of aliphatic hydroxyl groups is 2. The van der Waals surface area contributed by atoms with Crippen LogP contribution in [0.15, 0.2) is 23.3 Å². The third-order valence-corrected chi connectivity index (χ3v) is 5.36. The van der Waals surface area contributed by atoms with Gasteiger partial charge in [-0.05, 0) is 31.6 Å². The first kappa shape index (κ1) is 12.9. The molecule has 0 bridgehead atoms. The van der Waals surface area contributed by atoms with Crippen molar-refractivity contribution in [2.45, 2.75) is 51.4 Å². The van der Waals surface area contributed by atoms with Crippen molar-refractivity contribution in [1.29, 1.82) is 0 Å². The molecule has 2 aliphatic carbocycles. The fraction of sp³-hybridized carbons (Fsp3) is 0.667. The molecule has 4 nitrogen and oxygen atoms in total. The molecule has 4 atom stereocenters. The molecule has 1 heterocycles. The molecule has 0 saturated heterocycles. The van der Waals surface area contributed by atoms with E-state index in [1.807, 2.05) is 0 Å².